The minimum absolute atomic E-state index is 0. The maximum atomic E-state index is 12.5. The van der Waals surface area contributed by atoms with Crippen LogP contribution in [0.5, 0.6) is 0 Å². The van der Waals surface area contributed by atoms with Crippen LogP contribution in [0.1, 0.15) is 39.5 Å². The SMILES string of the molecule is CCCC(C)(N)C(=O)N1CCC(CN2CCOCC2)CC1.Cl. The smallest absolute Gasteiger partial charge is 0.242 e. The monoisotopic (exact) mass is 333 g/mol. The standard InChI is InChI=1S/C16H31N3O2.ClH/c1-3-6-16(2,17)15(20)19-7-4-14(5-8-19)13-18-9-11-21-12-10-18;/h14H,3-13,17H2,1-2H3;1H. The van der Waals surface area contributed by atoms with Crippen LogP contribution in [0.2, 0.25) is 0 Å². The number of rotatable bonds is 5. The van der Waals surface area contributed by atoms with E-state index in [1.54, 1.807) is 0 Å². The van der Waals surface area contributed by atoms with Gasteiger partial charge in [0.2, 0.25) is 5.91 Å². The number of carbonyl (C=O) groups excluding carboxylic acids is 1. The van der Waals surface area contributed by atoms with Crippen molar-refractivity contribution >= 4 is 18.3 Å². The fourth-order valence-electron chi connectivity index (χ4n) is 3.45. The largest absolute Gasteiger partial charge is 0.379 e. The topological polar surface area (TPSA) is 58.8 Å². The molecule has 1 unspecified atom stereocenters. The van der Waals surface area contributed by atoms with Gasteiger partial charge in [0.15, 0.2) is 0 Å². The molecule has 2 fully saturated rings. The van der Waals surface area contributed by atoms with E-state index in [9.17, 15) is 4.79 Å². The molecule has 2 aliphatic heterocycles. The number of amides is 1. The Hall–Kier alpha value is -0.360. The number of halogens is 1. The van der Waals surface area contributed by atoms with Crippen molar-refractivity contribution < 1.29 is 9.53 Å². The van der Waals surface area contributed by atoms with E-state index in [4.69, 9.17) is 10.5 Å². The van der Waals surface area contributed by atoms with Gasteiger partial charge in [-0.3, -0.25) is 9.69 Å². The summed E-state index contributed by atoms with van der Waals surface area (Å²) in [5.74, 6) is 0.844. The molecule has 0 aromatic carbocycles. The Morgan fingerprint density at radius 3 is 2.36 bits per heavy atom. The molecule has 0 aliphatic carbocycles. The molecule has 0 saturated carbocycles. The fraction of sp³-hybridized carbons (Fsp3) is 0.938. The second-order valence-corrected chi connectivity index (χ2v) is 6.82. The van der Waals surface area contributed by atoms with Crippen LogP contribution in [0.3, 0.4) is 0 Å². The van der Waals surface area contributed by atoms with Gasteiger partial charge in [-0.1, -0.05) is 13.3 Å². The minimum Gasteiger partial charge on any atom is -0.379 e. The van der Waals surface area contributed by atoms with Crippen molar-refractivity contribution in [2.75, 3.05) is 45.9 Å². The van der Waals surface area contributed by atoms with Crippen molar-refractivity contribution in [3.63, 3.8) is 0 Å². The fourth-order valence-corrected chi connectivity index (χ4v) is 3.45. The second kappa shape index (κ2) is 9.06. The van der Waals surface area contributed by atoms with E-state index in [0.29, 0.717) is 5.92 Å². The number of likely N-dealkylation sites (tertiary alicyclic amines) is 1. The molecule has 0 aromatic rings. The van der Waals surface area contributed by atoms with Gasteiger partial charge in [-0.2, -0.15) is 0 Å². The molecule has 2 saturated heterocycles. The van der Waals surface area contributed by atoms with Gasteiger partial charge < -0.3 is 15.4 Å². The van der Waals surface area contributed by atoms with E-state index < -0.39 is 5.54 Å². The molecule has 2 N–H and O–H groups in total. The maximum absolute atomic E-state index is 12.5. The number of piperidine rings is 1. The van der Waals surface area contributed by atoms with Gasteiger partial charge in [0.25, 0.3) is 0 Å². The molecule has 2 aliphatic rings. The Bertz CT molecular complexity index is 338. The molecule has 130 valence electrons. The normalized spacial score (nSPS) is 23.7. The number of morpholine rings is 1. The molecule has 5 nitrogen and oxygen atoms in total. The van der Waals surface area contributed by atoms with Crippen LogP contribution in [0.4, 0.5) is 0 Å². The van der Waals surface area contributed by atoms with Crippen LogP contribution in [0.15, 0.2) is 0 Å². The van der Waals surface area contributed by atoms with E-state index in [1.165, 1.54) is 0 Å². The third kappa shape index (κ3) is 5.37. The molecule has 6 heteroatoms. The highest BCUT2D eigenvalue weighted by atomic mass is 35.5. The summed E-state index contributed by atoms with van der Waals surface area (Å²) < 4.78 is 5.39. The molecular weight excluding hydrogens is 302 g/mol. The molecule has 2 heterocycles. The number of nitrogens with two attached hydrogens (primary N) is 1. The first-order valence-electron chi connectivity index (χ1n) is 8.41. The van der Waals surface area contributed by atoms with E-state index in [2.05, 4.69) is 11.8 Å². The predicted octanol–water partition coefficient (Wildman–Crippen LogP) is 1.50. The molecule has 0 radical (unpaired) electrons. The Morgan fingerprint density at radius 2 is 1.82 bits per heavy atom. The van der Waals surface area contributed by atoms with Crippen LogP contribution in [0.25, 0.3) is 0 Å². The Morgan fingerprint density at radius 1 is 1.23 bits per heavy atom. The third-order valence-electron chi connectivity index (χ3n) is 4.78. The first-order chi connectivity index (χ1) is 10.0. The van der Waals surface area contributed by atoms with Crippen LogP contribution in [-0.2, 0) is 9.53 Å². The van der Waals surface area contributed by atoms with E-state index in [0.717, 1.165) is 71.6 Å². The van der Waals surface area contributed by atoms with Gasteiger partial charge in [-0.25, -0.2) is 0 Å². The second-order valence-electron chi connectivity index (χ2n) is 6.82. The molecular formula is C16H32ClN3O2. The highest BCUT2D eigenvalue weighted by Gasteiger charge is 2.34. The van der Waals surface area contributed by atoms with E-state index in [1.807, 2.05) is 11.8 Å². The first-order valence-corrected chi connectivity index (χ1v) is 8.41. The lowest BCUT2D eigenvalue weighted by Crippen LogP contribution is -2.55. The quantitative estimate of drug-likeness (QED) is 0.828. The van der Waals surface area contributed by atoms with Gasteiger partial charge >= 0.3 is 0 Å². The van der Waals surface area contributed by atoms with Crippen LogP contribution in [0, 0.1) is 5.92 Å². The zero-order valence-corrected chi connectivity index (χ0v) is 14.9. The van der Waals surface area contributed by atoms with Crippen LogP contribution < -0.4 is 5.73 Å². The summed E-state index contributed by atoms with van der Waals surface area (Å²) in [5.41, 5.74) is 5.48. The Kier molecular flexibility index (Phi) is 8.11. The van der Waals surface area contributed by atoms with Gasteiger partial charge in [-0.15, -0.1) is 12.4 Å². The van der Waals surface area contributed by atoms with Gasteiger partial charge in [0.1, 0.15) is 0 Å². The Balaban J connectivity index is 0.00000242. The maximum Gasteiger partial charge on any atom is 0.242 e. The van der Waals surface area contributed by atoms with E-state index in [-0.39, 0.29) is 18.3 Å². The first kappa shape index (κ1) is 19.7. The van der Waals surface area contributed by atoms with Gasteiger partial charge in [0.05, 0.1) is 18.8 Å². The van der Waals surface area contributed by atoms with Crippen LogP contribution >= 0.6 is 12.4 Å². The zero-order chi connectivity index (χ0) is 15.3. The highest BCUT2D eigenvalue weighted by Crippen LogP contribution is 2.22. The predicted molar refractivity (Wildman–Crippen MR) is 91.3 cm³/mol. The molecule has 0 aromatic heterocycles. The molecule has 22 heavy (non-hydrogen) atoms. The lowest BCUT2D eigenvalue weighted by atomic mass is 9.91. The summed E-state index contributed by atoms with van der Waals surface area (Å²) in [5, 5.41) is 0. The summed E-state index contributed by atoms with van der Waals surface area (Å²) in [6.45, 7) is 10.7. The van der Waals surface area contributed by atoms with Crippen molar-refractivity contribution in [3.05, 3.63) is 0 Å². The number of hydrogen-bond acceptors (Lipinski definition) is 4. The number of hydrogen-bond donors (Lipinski definition) is 1. The molecule has 0 bridgehead atoms. The van der Waals surface area contributed by atoms with Crippen molar-refractivity contribution in [2.24, 2.45) is 11.7 Å². The lowest BCUT2D eigenvalue weighted by molar-refractivity contribution is -0.138. The molecule has 1 atom stereocenters. The van der Waals surface area contributed by atoms with Crippen LogP contribution in [-0.4, -0.2) is 67.2 Å². The summed E-state index contributed by atoms with van der Waals surface area (Å²) >= 11 is 0. The molecule has 0 spiro atoms. The van der Waals surface area contributed by atoms with Gasteiger partial charge in [0, 0.05) is 32.7 Å². The van der Waals surface area contributed by atoms with Crippen molar-refractivity contribution in [1.82, 2.24) is 9.80 Å². The minimum atomic E-state index is -0.689. The summed E-state index contributed by atoms with van der Waals surface area (Å²) in [6, 6.07) is 0. The van der Waals surface area contributed by atoms with Crippen molar-refractivity contribution in [1.29, 1.82) is 0 Å². The average molecular weight is 334 g/mol. The molecule has 2 rings (SSSR count). The zero-order valence-electron chi connectivity index (χ0n) is 14.1. The van der Waals surface area contributed by atoms with Crippen molar-refractivity contribution in [2.45, 2.75) is 45.1 Å². The van der Waals surface area contributed by atoms with E-state index >= 15 is 0 Å². The van der Waals surface area contributed by atoms with Crippen molar-refractivity contribution in [3.8, 4) is 0 Å². The third-order valence-corrected chi connectivity index (χ3v) is 4.78. The summed E-state index contributed by atoms with van der Waals surface area (Å²) in [4.78, 5) is 17.0. The average Bonchev–Trinajstić information content (AvgIpc) is 2.48. The highest BCUT2D eigenvalue weighted by molar-refractivity contribution is 5.86. The number of nitrogens with zero attached hydrogens (tertiary/aromatic N) is 2. The van der Waals surface area contributed by atoms with Gasteiger partial charge in [-0.05, 0) is 32.1 Å². The lowest BCUT2D eigenvalue weighted by Gasteiger charge is -2.38. The summed E-state index contributed by atoms with van der Waals surface area (Å²) in [7, 11) is 0. The molecule has 1 amide bonds. The number of carbonyl (C=O) groups is 1. The summed E-state index contributed by atoms with van der Waals surface area (Å²) in [6.07, 6.45) is 3.92. The number of ether oxygens (including phenoxy) is 1. The Labute approximate surface area is 140 Å².